The second-order valence-electron chi connectivity index (χ2n) is 7.86. The molecule has 0 aromatic heterocycles. The second kappa shape index (κ2) is 8.91. The van der Waals surface area contributed by atoms with Gasteiger partial charge >= 0.3 is 0 Å². The van der Waals surface area contributed by atoms with Crippen molar-refractivity contribution in [2.45, 2.75) is 38.6 Å². The minimum absolute atomic E-state index is 0.822. The molecule has 4 heteroatoms. The molecule has 2 aromatic carbocycles. The summed E-state index contributed by atoms with van der Waals surface area (Å²) in [6.45, 7) is 3.15. The molecular weight excluding hydrogens is 362 g/mol. The van der Waals surface area contributed by atoms with Crippen LogP contribution in [-0.4, -0.2) is 39.3 Å². The van der Waals surface area contributed by atoms with Gasteiger partial charge in [-0.3, -0.25) is 4.90 Å². The fourth-order valence-electron chi connectivity index (χ4n) is 4.67. The van der Waals surface area contributed by atoms with Crippen LogP contribution in [0.1, 0.15) is 41.5 Å². The van der Waals surface area contributed by atoms with Crippen LogP contribution in [-0.2, 0) is 19.4 Å². The number of fused-ring (bicyclic) bond motifs is 2. The highest BCUT2D eigenvalue weighted by molar-refractivity contribution is 5.72. The van der Waals surface area contributed by atoms with E-state index in [4.69, 9.17) is 14.2 Å². The molecule has 0 unspecified atom stereocenters. The Hall–Kier alpha value is -2.46. The van der Waals surface area contributed by atoms with Gasteiger partial charge in [0, 0.05) is 25.2 Å². The summed E-state index contributed by atoms with van der Waals surface area (Å²) in [5.74, 6) is 2.68. The second-order valence-corrected chi connectivity index (χ2v) is 7.86. The van der Waals surface area contributed by atoms with Crippen molar-refractivity contribution in [1.29, 1.82) is 0 Å². The van der Waals surface area contributed by atoms with Crippen LogP contribution in [0.15, 0.2) is 36.4 Å². The number of hydrogen-bond acceptors (Lipinski definition) is 4. The Morgan fingerprint density at radius 1 is 0.897 bits per heavy atom. The van der Waals surface area contributed by atoms with E-state index in [1.54, 1.807) is 21.3 Å². The van der Waals surface area contributed by atoms with Gasteiger partial charge in [-0.2, -0.15) is 0 Å². The highest BCUT2D eigenvalue weighted by Crippen LogP contribution is 2.36. The van der Waals surface area contributed by atoms with Crippen LogP contribution >= 0.6 is 0 Å². The summed E-state index contributed by atoms with van der Waals surface area (Å²) in [6.07, 6.45) is 8.07. The lowest BCUT2D eigenvalue weighted by Gasteiger charge is -2.29. The maximum Gasteiger partial charge on any atom is 0.161 e. The van der Waals surface area contributed by atoms with Crippen LogP contribution in [0.25, 0.3) is 5.57 Å². The predicted octanol–water partition coefficient (Wildman–Crippen LogP) is 4.88. The summed E-state index contributed by atoms with van der Waals surface area (Å²) in [6, 6.07) is 10.7. The van der Waals surface area contributed by atoms with Crippen molar-refractivity contribution in [2.75, 3.05) is 34.4 Å². The largest absolute Gasteiger partial charge is 0.496 e. The van der Waals surface area contributed by atoms with Crippen molar-refractivity contribution >= 4 is 5.57 Å². The Kier molecular flexibility index (Phi) is 6.10. The molecule has 154 valence electrons. The lowest BCUT2D eigenvalue weighted by atomic mass is 9.86. The van der Waals surface area contributed by atoms with Gasteiger partial charge in [0.2, 0.25) is 0 Å². The van der Waals surface area contributed by atoms with Crippen LogP contribution in [0.2, 0.25) is 0 Å². The van der Waals surface area contributed by atoms with E-state index in [0.717, 1.165) is 56.1 Å². The first-order chi connectivity index (χ1) is 14.2. The summed E-state index contributed by atoms with van der Waals surface area (Å²) in [7, 11) is 5.17. The average Bonchev–Trinajstić information content (AvgIpc) is 2.77. The highest BCUT2D eigenvalue weighted by atomic mass is 16.5. The Bertz CT molecular complexity index is 903. The lowest BCUT2D eigenvalue weighted by molar-refractivity contribution is 0.257. The van der Waals surface area contributed by atoms with E-state index in [2.05, 4.69) is 41.3 Å². The maximum absolute atomic E-state index is 5.57. The van der Waals surface area contributed by atoms with Crippen molar-refractivity contribution in [2.24, 2.45) is 0 Å². The molecular formula is C25H31NO3. The van der Waals surface area contributed by atoms with E-state index in [-0.39, 0.29) is 0 Å². The number of ether oxygens (including phenoxy) is 3. The smallest absolute Gasteiger partial charge is 0.161 e. The van der Waals surface area contributed by atoms with Crippen molar-refractivity contribution < 1.29 is 14.2 Å². The minimum atomic E-state index is 0.822. The number of rotatable bonds is 6. The van der Waals surface area contributed by atoms with E-state index in [1.807, 2.05) is 0 Å². The third-order valence-electron chi connectivity index (χ3n) is 6.20. The summed E-state index contributed by atoms with van der Waals surface area (Å²) in [4.78, 5) is 2.54. The molecule has 4 rings (SSSR count). The molecule has 2 aliphatic rings. The first-order valence-corrected chi connectivity index (χ1v) is 10.5. The Balaban J connectivity index is 1.43. The van der Waals surface area contributed by atoms with Crippen molar-refractivity contribution in [3.05, 3.63) is 58.7 Å². The van der Waals surface area contributed by atoms with Crippen LogP contribution < -0.4 is 14.2 Å². The SMILES string of the molecule is COc1cc2c(cc1OC)CN(CC/C=C1\CCCc3c(OC)cccc31)CC2. The molecule has 0 radical (unpaired) electrons. The zero-order chi connectivity index (χ0) is 20.2. The zero-order valence-electron chi connectivity index (χ0n) is 17.8. The molecule has 1 aliphatic carbocycles. The van der Waals surface area contributed by atoms with Gasteiger partial charge in [-0.25, -0.2) is 0 Å². The van der Waals surface area contributed by atoms with Crippen molar-refractivity contribution in [3.63, 3.8) is 0 Å². The molecule has 0 atom stereocenters. The number of allylic oxidation sites excluding steroid dienone is 1. The number of hydrogen-bond donors (Lipinski definition) is 0. The van der Waals surface area contributed by atoms with Gasteiger partial charge in [-0.1, -0.05) is 18.2 Å². The van der Waals surface area contributed by atoms with Crippen LogP contribution in [0.5, 0.6) is 17.2 Å². The van der Waals surface area contributed by atoms with Crippen molar-refractivity contribution in [3.8, 4) is 17.2 Å². The van der Waals surface area contributed by atoms with Crippen molar-refractivity contribution in [1.82, 2.24) is 4.90 Å². The fraction of sp³-hybridized carbons (Fsp3) is 0.440. The number of benzene rings is 2. The Morgan fingerprint density at radius 3 is 2.41 bits per heavy atom. The molecule has 0 saturated heterocycles. The molecule has 0 saturated carbocycles. The fourth-order valence-corrected chi connectivity index (χ4v) is 4.67. The van der Waals surface area contributed by atoms with E-state index in [9.17, 15) is 0 Å². The molecule has 29 heavy (non-hydrogen) atoms. The maximum atomic E-state index is 5.57. The van der Waals surface area contributed by atoms with E-state index >= 15 is 0 Å². The Labute approximate surface area is 174 Å². The average molecular weight is 394 g/mol. The van der Waals surface area contributed by atoms with Gasteiger partial charge < -0.3 is 14.2 Å². The normalized spacial score (nSPS) is 17.6. The monoisotopic (exact) mass is 393 g/mol. The van der Waals surface area contributed by atoms with Crippen LogP contribution in [0, 0.1) is 0 Å². The first-order valence-electron chi connectivity index (χ1n) is 10.5. The number of nitrogens with zero attached hydrogens (tertiary/aromatic N) is 1. The van der Waals surface area contributed by atoms with E-state index in [1.165, 1.54) is 40.7 Å². The summed E-state index contributed by atoms with van der Waals surface area (Å²) in [5, 5.41) is 0. The molecule has 4 nitrogen and oxygen atoms in total. The molecule has 0 amide bonds. The molecule has 0 spiro atoms. The molecule has 0 bridgehead atoms. The standard InChI is InChI=1S/C25H31NO3/c1-27-23-11-5-9-21-18(7-4-10-22(21)23)8-6-13-26-14-12-19-15-24(28-2)25(29-3)16-20(19)17-26/h5,8-9,11,15-16H,4,6-7,10,12-14,17H2,1-3H3/b18-8+. The highest BCUT2D eigenvalue weighted by Gasteiger charge is 2.20. The third-order valence-corrected chi connectivity index (χ3v) is 6.20. The minimum Gasteiger partial charge on any atom is -0.496 e. The Morgan fingerprint density at radius 2 is 1.66 bits per heavy atom. The van der Waals surface area contributed by atoms with Gasteiger partial charge in [0.15, 0.2) is 11.5 Å². The topological polar surface area (TPSA) is 30.9 Å². The molecule has 1 aliphatic heterocycles. The molecule has 0 N–H and O–H groups in total. The molecule has 1 heterocycles. The first kappa shape index (κ1) is 19.8. The summed E-state index contributed by atoms with van der Waals surface area (Å²) >= 11 is 0. The lowest BCUT2D eigenvalue weighted by Crippen LogP contribution is -2.31. The van der Waals surface area contributed by atoms with Gasteiger partial charge in [-0.05, 0) is 72.6 Å². The molecule has 0 fully saturated rings. The van der Waals surface area contributed by atoms with Gasteiger partial charge in [-0.15, -0.1) is 0 Å². The van der Waals surface area contributed by atoms with Gasteiger partial charge in [0.1, 0.15) is 5.75 Å². The quantitative estimate of drug-likeness (QED) is 0.700. The zero-order valence-corrected chi connectivity index (χ0v) is 17.8. The van der Waals surface area contributed by atoms with Crippen LogP contribution in [0.4, 0.5) is 0 Å². The summed E-state index contributed by atoms with van der Waals surface area (Å²) < 4.78 is 16.5. The predicted molar refractivity (Wildman–Crippen MR) is 117 cm³/mol. The summed E-state index contributed by atoms with van der Waals surface area (Å²) in [5.41, 5.74) is 6.98. The van der Waals surface area contributed by atoms with E-state index < -0.39 is 0 Å². The third kappa shape index (κ3) is 4.13. The van der Waals surface area contributed by atoms with Gasteiger partial charge in [0.05, 0.1) is 21.3 Å². The molecule has 2 aromatic rings. The van der Waals surface area contributed by atoms with Gasteiger partial charge in [0.25, 0.3) is 0 Å². The number of methoxy groups -OCH3 is 3. The van der Waals surface area contributed by atoms with E-state index in [0.29, 0.717) is 0 Å². The van der Waals surface area contributed by atoms with Crippen LogP contribution in [0.3, 0.4) is 0 Å².